The van der Waals surface area contributed by atoms with Crippen molar-refractivity contribution in [2.75, 3.05) is 11.9 Å². The number of unbranched alkanes of at least 4 members (excludes halogenated alkanes) is 1. The number of nitrogens with zero attached hydrogens (tertiary/aromatic N) is 1. The van der Waals surface area contributed by atoms with Gasteiger partial charge in [0.1, 0.15) is 11.6 Å². The normalized spacial score (nSPS) is 10.8. The van der Waals surface area contributed by atoms with Crippen LogP contribution in [0.5, 0.6) is 0 Å². The van der Waals surface area contributed by atoms with Crippen molar-refractivity contribution in [3.05, 3.63) is 70.3 Å². The SMILES string of the molecule is CCCCOC(=O)/C(C#N)=C/c1cccc(NC(=O)c2ccccc2Cl)c1. The second-order valence-corrected chi connectivity index (χ2v) is 6.13. The van der Waals surface area contributed by atoms with E-state index >= 15 is 0 Å². The van der Waals surface area contributed by atoms with Crippen molar-refractivity contribution in [2.45, 2.75) is 19.8 Å². The number of rotatable bonds is 7. The molecule has 0 atom stereocenters. The first-order valence-corrected chi connectivity index (χ1v) is 8.87. The van der Waals surface area contributed by atoms with Crippen LogP contribution in [0.1, 0.15) is 35.7 Å². The minimum Gasteiger partial charge on any atom is -0.462 e. The minimum absolute atomic E-state index is 0.0966. The fourth-order valence-electron chi connectivity index (χ4n) is 2.24. The van der Waals surface area contributed by atoms with Gasteiger partial charge in [-0.3, -0.25) is 4.79 Å². The number of anilines is 1. The molecule has 0 heterocycles. The fourth-order valence-corrected chi connectivity index (χ4v) is 2.46. The Morgan fingerprint density at radius 2 is 2.00 bits per heavy atom. The van der Waals surface area contributed by atoms with E-state index in [1.807, 2.05) is 13.0 Å². The highest BCUT2D eigenvalue weighted by Gasteiger charge is 2.12. The number of carbonyl (C=O) groups excluding carboxylic acids is 2. The summed E-state index contributed by atoms with van der Waals surface area (Å²) in [6.07, 6.45) is 3.07. The monoisotopic (exact) mass is 382 g/mol. The summed E-state index contributed by atoms with van der Waals surface area (Å²) in [5.74, 6) is -1.00. The van der Waals surface area contributed by atoms with Crippen LogP contribution in [0.25, 0.3) is 6.08 Å². The molecule has 0 fully saturated rings. The lowest BCUT2D eigenvalue weighted by atomic mass is 10.1. The Morgan fingerprint density at radius 3 is 2.70 bits per heavy atom. The molecule has 2 aromatic rings. The summed E-state index contributed by atoms with van der Waals surface area (Å²) in [4.78, 5) is 24.3. The Kier molecular flexibility index (Phi) is 7.60. The molecule has 2 rings (SSSR count). The number of nitriles is 1. The highest BCUT2D eigenvalue weighted by atomic mass is 35.5. The number of nitrogens with one attached hydrogen (secondary N) is 1. The van der Waals surface area contributed by atoms with Crippen molar-refractivity contribution in [1.82, 2.24) is 0 Å². The van der Waals surface area contributed by atoms with Gasteiger partial charge < -0.3 is 10.1 Å². The maximum absolute atomic E-state index is 12.3. The third-order valence-electron chi connectivity index (χ3n) is 3.65. The zero-order valence-corrected chi connectivity index (χ0v) is 15.6. The molecule has 5 nitrogen and oxygen atoms in total. The van der Waals surface area contributed by atoms with Gasteiger partial charge in [-0.15, -0.1) is 0 Å². The number of amides is 1. The molecule has 0 aliphatic rings. The smallest absolute Gasteiger partial charge is 0.348 e. The lowest BCUT2D eigenvalue weighted by Crippen LogP contribution is -2.12. The maximum Gasteiger partial charge on any atom is 0.348 e. The molecule has 138 valence electrons. The molecular formula is C21H19ClN2O3. The summed E-state index contributed by atoms with van der Waals surface area (Å²) in [5, 5.41) is 12.3. The largest absolute Gasteiger partial charge is 0.462 e. The van der Waals surface area contributed by atoms with Gasteiger partial charge in [0.05, 0.1) is 17.2 Å². The fraction of sp³-hybridized carbons (Fsp3) is 0.190. The number of ether oxygens (including phenoxy) is 1. The summed E-state index contributed by atoms with van der Waals surface area (Å²) in [6.45, 7) is 2.26. The van der Waals surface area contributed by atoms with Crippen LogP contribution in [0.2, 0.25) is 5.02 Å². The van der Waals surface area contributed by atoms with Crippen LogP contribution >= 0.6 is 11.6 Å². The lowest BCUT2D eigenvalue weighted by molar-refractivity contribution is -0.138. The number of benzene rings is 2. The van der Waals surface area contributed by atoms with Gasteiger partial charge in [0.15, 0.2) is 0 Å². The molecule has 0 bridgehead atoms. The molecular weight excluding hydrogens is 364 g/mol. The number of carbonyl (C=O) groups is 2. The van der Waals surface area contributed by atoms with Crippen LogP contribution in [0, 0.1) is 11.3 Å². The highest BCUT2D eigenvalue weighted by Crippen LogP contribution is 2.19. The Labute approximate surface area is 163 Å². The molecule has 1 amide bonds. The summed E-state index contributed by atoms with van der Waals surface area (Å²) in [6, 6.07) is 15.4. The van der Waals surface area contributed by atoms with E-state index in [1.165, 1.54) is 6.08 Å². The van der Waals surface area contributed by atoms with Crippen molar-refractivity contribution in [3.8, 4) is 6.07 Å². The van der Waals surface area contributed by atoms with Crippen LogP contribution in [-0.2, 0) is 9.53 Å². The van der Waals surface area contributed by atoms with E-state index in [2.05, 4.69) is 5.32 Å². The summed E-state index contributed by atoms with van der Waals surface area (Å²) >= 11 is 6.03. The molecule has 0 aromatic heterocycles. The van der Waals surface area contributed by atoms with Crippen molar-refractivity contribution in [2.24, 2.45) is 0 Å². The van der Waals surface area contributed by atoms with Crippen molar-refractivity contribution in [3.63, 3.8) is 0 Å². The third kappa shape index (κ3) is 5.98. The zero-order chi connectivity index (χ0) is 19.6. The predicted octanol–water partition coefficient (Wildman–Crippen LogP) is 4.84. The Bertz CT molecular complexity index is 900. The quantitative estimate of drug-likeness (QED) is 0.321. The molecule has 0 aliphatic carbocycles. The molecule has 0 aliphatic heterocycles. The van der Waals surface area contributed by atoms with E-state index in [1.54, 1.807) is 48.5 Å². The summed E-state index contributed by atoms with van der Waals surface area (Å²) < 4.78 is 5.06. The Balaban J connectivity index is 2.14. The van der Waals surface area contributed by atoms with Crippen molar-refractivity contribution in [1.29, 1.82) is 5.26 Å². The van der Waals surface area contributed by atoms with Gasteiger partial charge in [-0.1, -0.05) is 49.2 Å². The van der Waals surface area contributed by atoms with Gasteiger partial charge >= 0.3 is 5.97 Å². The molecule has 6 heteroatoms. The maximum atomic E-state index is 12.3. The highest BCUT2D eigenvalue weighted by molar-refractivity contribution is 6.34. The number of esters is 1. The van der Waals surface area contributed by atoms with E-state index in [-0.39, 0.29) is 18.1 Å². The number of hydrogen-bond acceptors (Lipinski definition) is 4. The average Bonchev–Trinajstić information content (AvgIpc) is 2.66. The topological polar surface area (TPSA) is 79.2 Å². The second kappa shape index (κ2) is 10.1. The molecule has 0 saturated carbocycles. The van der Waals surface area contributed by atoms with Crippen molar-refractivity contribution >= 4 is 35.2 Å². The first-order valence-electron chi connectivity index (χ1n) is 8.50. The van der Waals surface area contributed by atoms with Crippen LogP contribution in [0.4, 0.5) is 5.69 Å². The zero-order valence-electron chi connectivity index (χ0n) is 14.9. The average molecular weight is 383 g/mol. The first-order chi connectivity index (χ1) is 13.0. The lowest BCUT2D eigenvalue weighted by Gasteiger charge is -2.08. The van der Waals surface area contributed by atoms with Crippen LogP contribution in [0.15, 0.2) is 54.1 Å². The van der Waals surface area contributed by atoms with Gasteiger partial charge in [-0.05, 0) is 42.3 Å². The predicted molar refractivity (Wildman–Crippen MR) is 105 cm³/mol. The summed E-state index contributed by atoms with van der Waals surface area (Å²) in [5.41, 5.74) is 1.37. The van der Waals surface area contributed by atoms with Crippen LogP contribution in [0.3, 0.4) is 0 Å². The van der Waals surface area contributed by atoms with E-state index in [0.29, 0.717) is 21.8 Å². The molecule has 0 radical (unpaired) electrons. The molecule has 0 saturated heterocycles. The number of hydrogen-bond donors (Lipinski definition) is 1. The van der Waals surface area contributed by atoms with Gasteiger partial charge in [0.2, 0.25) is 0 Å². The standard InChI is InChI=1S/C21H19ClN2O3/c1-2-3-11-27-21(26)16(14-23)12-15-7-6-8-17(13-15)24-20(25)18-9-4-5-10-19(18)22/h4-10,12-13H,2-3,11H2,1H3,(H,24,25)/b16-12+. The van der Waals surface area contributed by atoms with Gasteiger partial charge in [0, 0.05) is 5.69 Å². The Hall–Kier alpha value is -3.10. The van der Waals surface area contributed by atoms with Gasteiger partial charge in [0.25, 0.3) is 5.91 Å². The molecule has 0 spiro atoms. The van der Waals surface area contributed by atoms with Gasteiger partial charge in [-0.25, -0.2) is 4.79 Å². The molecule has 27 heavy (non-hydrogen) atoms. The number of halogens is 1. The van der Waals surface area contributed by atoms with E-state index in [0.717, 1.165) is 12.8 Å². The van der Waals surface area contributed by atoms with Crippen LogP contribution < -0.4 is 5.32 Å². The van der Waals surface area contributed by atoms with Crippen molar-refractivity contribution < 1.29 is 14.3 Å². The minimum atomic E-state index is -0.656. The third-order valence-corrected chi connectivity index (χ3v) is 3.97. The van der Waals surface area contributed by atoms with E-state index in [9.17, 15) is 14.9 Å². The second-order valence-electron chi connectivity index (χ2n) is 5.72. The van der Waals surface area contributed by atoms with E-state index in [4.69, 9.17) is 16.3 Å². The Morgan fingerprint density at radius 1 is 1.22 bits per heavy atom. The van der Waals surface area contributed by atoms with Crippen LogP contribution in [-0.4, -0.2) is 18.5 Å². The first kappa shape index (κ1) is 20.2. The van der Waals surface area contributed by atoms with Gasteiger partial charge in [-0.2, -0.15) is 5.26 Å². The molecule has 1 N–H and O–H groups in total. The summed E-state index contributed by atoms with van der Waals surface area (Å²) in [7, 11) is 0. The molecule has 0 unspecified atom stereocenters. The molecule has 2 aromatic carbocycles. The van der Waals surface area contributed by atoms with E-state index < -0.39 is 5.97 Å².